The van der Waals surface area contributed by atoms with E-state index in [9.17, 15) is 4.79 Å². The van der Waals surface area contributed by atoms with E-state index in [4.69, 9.17) is 0 Å². The van der Waals surface area contributed by atoms with Gasteiger partial charge in [-0.15, -0.1) is 0 Å². The van der Waals surface area contributed by atoms with Crippen LogP contribution in [-0.2, 0) is 4.79 Å². The summed E-state index contributed by atoms with van der Waals surface area (Å²) in [5.74, 6) is 0.854. The van der Waals surface area contributed by atoms with Crippen LogP contribution in [0.25, 0.3) is 0 Å². The van der Waals surface area contributed by atoms with E-state index in [1.807, 2.05) is 6.07 Å². The Morgan fingerprint density at radius 2 is 1.83 bits per heavy atom. The lowest BCUT2D eigenvalue weighted by Crippen LogP contribution is -2.53. The molecule has 1 N–H and O–H groups in total. The molecule has 3 rings (SSSR count). The van der Waals surface area contributed by atoms with E-state index in [0.717, 1.165) is 12.8 Å². The van der Waals surface area contributed by atoms with Crippen LogP contribution >= 0.6 is 0 Å². The number of benzene rings is 1. The molecule has 1 saturated carbocycles. The SMILES string of the molecule is CC1C(=O)C2CCCCC2NC1c1ccccc1. The summed E-state index contributed by atoms with van der Waals surface area (Å²) in [4.78, 5) is 12.5. The Morgan fingerprint density at radius 1 is 1.11 bits per heavy atom. The third-order valence-corrected chi connectivity index (χ3v) is 4.63. The zero-order valence-electron chi connectivity index (χ0n) is 10.9. The van der Waals surface area contributed by atoms with Crippen LogP contribution in [0.3, 0.4) is 0 Å². The molecular weight excluding hydrogens is 222 g/mol. The van der Waals surface area contributed by atoms with Crippen molar-refractivity contribution in [3.05, 3.63) is 35.9 Å². The fourth-order valence-electron chi connectivity index (χ4n) is 3.59. The summed E-state index contributed by atoms with van der Waals surface area (Å²) in [6.07, 6.45) is 4.73. The summed E-state index contributed by atoms with van der Waals surface area (Å²) in [6, 6.07) is 11.0. The van der Waals surface area contributed by atoms with Crippen LogP contribution in [0.15, 0.2) is 30.3 Å². The molecule has 4 atom stereocenters. The fourth-order valence-corrected chi connectivity index (χ4v) is 3.59. The standard InChI is InChI=1S/C16H21NO/c1-11-15(12-7-3-2-4-8-12)17-14-10-6-5-9-13(14)16(11)18/h2-4,7-8,11,13-15,17H,5-6,9-10H2,1H3. The molecule has 0 aromatic heterocycles. The highest BCUT2D eigenvalue weighted by Crippen LogP contribution is 2.37. The molecule has 1 aliphatic heterocycles. The predicted molar refractivity (Wildman–Crippen MR) is 72.2 cm³/mol. The number of piperidine rings is 1. The van der Waals surface area contributed by atoms with Gasteiger partial charge in [-0.25, -0.2) is 0 Å². The molecule has 96 valence electrons. The van der Waals surface area contributed by atoms with Crippen molar-refractivity contribution in [1.29, 1.82) is 0 Å². The first-order chi connectivity index (χ1) is 8.77. The molecule has 0 amide bonds. The van der Waals surface area contributed by atoms with E-state index < -0.39 is 0 Å². The maximum atomic E-state index is 12.5. The van der Waals surface area contributed by atoms with Crippen molar-refractivity contribution in [2.75, 3.05) is 0 Å². The quantitative estimate of drug-likeness (QED) is 0.821. The van der Waals surface area contributed by atoms with E-state index in [1.165, 1.54) is 18.4 Å². The van der Waals surface area contributed by atoms with Gasteiger partial charge < -0.3 is 5.32 Å². The van der Waals surface area contributed by atoms with Crippen molar-refractivity contribution < 1.29 is 4.79 Å². The second-order valence-corrected chi connectivity index (χ2v) is 5.74. The number of hydrogen-bond acceptors (Lipinski definition) is 2. The van der Waals surface area contributed by atoms with Crippen molar-refractivity contribution in [3.8, 4) is 0 Å². The summed E-state index contributed by atoms with van der Waals surface area (Å²) < 4.78 is 0. The molecule has 2 aliphatic rings. The number of Topliss-reactive ketones (excluding diaryl/α,β-unsaturated/α-hetero) is 1. The van der Waals surface area contributed by atoms with Crippen LogP contribution in [0.2, 0.25) is 0 Å². The monoisotopic (exact) mass is 243 g/mol. The van der Waals surface area contributed by atoms with Gasteiger partial charge in [0.1, 0.15) is 5.78 Å². The van der Waals surface area contributed by atoms with Gasteiger partial charge in [0, 0.05) is 23.9 Å². The maximum absolute atomic E-state index is 12.5. The lowest BCUT2D eigenvalue weighted by atomic mass is 9.72. The topological polar surface area (TPSA) is 29.1 Å². The van der Waals surface area contributed by atoms with E-state index in [0.29, 0.717) is 11.8 Å². The van der Waals surface area contributed by atoms with Crippen molar-refractivity contribution in [3.63, 3.8) is 0 Å². The number of hydrogen-bond donors (Lipinski definition) is 1. The molecule has 0 spiro atoms. The Morgan fingerprint density at radius 3 is 2.61 bits per heavy atom. The van der Waals surface area contributed by atoms with Gasteiger partial charge in [0.2, 0.25) is 0 Å². The van der Waals surface area contributed by atoms with Crippen LogP contribution < -0.4 is 5.32 Å². The molecule has 2 heteroatoms. The fraction of sp³-hybridized carbons (Fsp3) is 0.562. The van der Waals surface area contributed by atoms with Gasteiger partial charge in [-0.2, -0.15) is 0 Å². The summed E-state index contributed by atoms with van der Waals surface area (Å²) in [6.45, 7) is 2.08. The summed E-state index contributed by atoms with van der Waals surface area (Å²) in [5.41, 5.74) is 1.25. The average Bonchev–Trinajstić information content (AvgIpc) is 2.44. The molecule has 1 heterocycles. The summed E-state index contributed by atoms with van der Waals surface area (Å²) in [7, 11) is 0. The van der Waals surface area contributed by atoms with Crippen LogP contribution in [0, 0.1) is 11.8 Å². The highest BCUT2D eigenvalue weighted by molar-refractivity contribution is 5.85. The maximum Gasteiger partial charge on any atom is 0.142 e. The Kier molecular flexibility index (Phi) is 3.21. The van der Waals surface area contributed by atoms with Crippen LogP contribution in [-0.4, -0.2) is 11.8 Å². The molecule has 0 radical (unpaired) electrons. The minimum atomic E-state index is 0.103. The molecular formula is C16H21NO. The van der Waals surface area contributed by atoms with Gasteiger partial charge in [0.25, 0.3) is 0 Å². The molecule has 2 nitrogen and oxygen atoms in total. The van der Waals surface area contributed by atoms with Crippen LogP contribution in [0.5, 0.6) is 0 Å². The molecule has 1 aliphatic carbocycles. The largest absolute Gasteiger partial charge is 0.306 e. The first-order valence-corrected chi connectivity index (χ1v) is 7.12. The first kappa shape index (κ1) is 11.9. The van der Waals surface area contributed by atoms with Gasteiger partial charge >= 0.3 is 0 Å². The molecule has 1 saturated heterocycles. The lowest BCUT2D eigenvalue weighted by molar-refractivity contribution is -0.132. The third kappa shape index (κ3) is 1.99. The predicted octanol–water partition coefficient (Wildman–Crippen LogP) is 3.09. The number of nitrogens with one attached hydrogen (secondary N) is 1. The zero-order chi connectivity index (χ0) is 12.5. The van der Waals surface area contributed by atoms with Gasteiger partial charge in [0.15, 0.2) is 0 Å². The number of carbonyl (C=O) groups is 1. The normalized spacial score (nSPS) is 36.2. The Labute approximate surface area is 109 Å². The van der Waals surface area contributed by atoms with Crippen molar-refractivity contribution >= 4 is 5.78 Å². The van der Waals surface area contributed by atoms with E-state index in [1.54, 1.807) is 0 Å². The van der Waals surface area contributed by atoms with E-state index in [2.05, 4.69) is 36.5 Å². The van der Waals surface area contributed by atoms with Crippen molar-refractivity contribution in [2.45, 2.75) is 44.7 Å². The van der Waals surface area contributed by atoms with Gasteiger partial charge in [-0.05, 0) is 18.4 Å². The Balaban J connectivity index is 1.86. The Hall–Kier alpha value is -1.15. The molecule has 18 heavy (non-hydrogen) atoms. The van der Waals surface area contributed by atoms with E-state index >= 15 is 0 Å². The second-order valence-electron chi connectivity index (χ2n) is 5.74. The molecule has 2 fully saturated rings. The van der Waals surface area contributed by atoms with Gasteiger partial charge in [-0.1, -0.05) is 50.1 Å². The van der Waals surface area contributed by atoms with Crippen LogP contribution in [0.4, 0.5) is 0 Å². The van der Waals surface area contributed by atoms with Gasteiger partial charge in [-0.3, -0.25) is 4.79 Å². The smallest absolute Gasteiger partial charge is 0.142 e. The number of carbonyl (C=O) groups excluding carboxylic acids is 1. The van der Waals surface area contributed by atoms with Crippen molar-refractivity contribution in [1.82, 2.24) is 5.32 Å². The summed E-state index contributed by atoms with van der Waals surface area (Å²) >= 11 is 0. The van der Waals surface area contributed by atoms with Crippen LogP contribution in [0.1, 0.15) is 44.2 Å². The number of fused-ring (bicyclic) bond motifs is 1. The number of rotatable bonds is 1. The first-order valence-electron chi connectivity index (χ1n) is 7.12. The minimum absolute atomic E-state index is 0.103. The molecule has 1 aromatic carbocycles. The second kappa shape index (κ2) is 4.85. The van der Waals surface area contributed by atoms with E-state index in [-0.39, 0.29) is 17.9 Å². The lowest BCUT2D eigenvalue weighted by Gasteiger charge is -2.43. The molecule has 4 unspecified atom stereocenters. The highest BCUT2D eigenvalue weighted by Gasteiger charge is 2.42. The molecule has 0 bridgehead atoms. The van der Waals surface area contributed by atoms with Crippen molar-refractivity contribution in [2.24, 2.45) is 11.8 Å². The van der Waals surface area contributed by atoms with Gasteiger partial charge in [0.05, 0.1) is 0 Å². The highest BCUT2D eigenvalue weighted by atomic mass is 16.1. The Bertz CT molecular complexity index is 428. The summed E-state index contributed by atoms with van der Waals surface area (Å²) in [5, 5.41) is 3.73. The zero-order valence-corrected chi connectivity index (χ0v) is 10.9. The average molecular weight is 243 g/mol. The number of ketones is 1. The minimum Gasteiger partial charge on any atom is -0.306 e. The third-order valence-electron chi connectivity index (χ3n) is 4.63. The molecule has 1 aromatic rings.